The highest BCUT2D eigenvalue weighted by Crippen LogP contribution is 2.29. The Morgan fingerprint density at radius 1 is 1.00 bits per heavy atom. The molecule has 2 aromatic heterocycles. The molecule has 2 aliphatic rings. The van der Waals surface area contributed by atoms with Crippen molar-refractivity contribution in [1.29, 1.82) is 0 Å². The Morgan fingerprint density at radius 3 is 2.45 bits per heavy atom. The van der Waals surface area contributed by atoms with Crippen molar-refractivity contribution >= 4 is 44.1 Å². The van der Waals surface area contributed by atoms with E-state index in [-0.39, 0.29) is 0 Å². The molecule has 1 aliphatic carbocycles. The zero-order valence-electron chi connectivity index (χ0n) is 21.8. The first-order valence-electron chi connectivity index (χ1n) is 13.0. The summed E-state index contributed by atoms with van der Waals surface area (Å²) in [4.78, 5) is 14.4. The van der Waals surface area contributed by atoms with Gasteiger partial charge in [-0.3, -0.25) is 9.21 Å². The zero-order valence-corrected chi connectivity index (χ0v) is 22.6. The summed E-state index contributed by atoms with van der Waals surface area (Å²) in [6, 6.07) is 18.8. The van der Waals surface area contributed by atoms with Crippen molar-refractivity contribution in [1.82, 2.24) is 19.4 Å². The molecule has 4 aromatic rings. The fourth-order valence-corrected chi connectivity index (χ4v) is 5.68. The molecule has 6 rings (SSSR count). The average molecular weight is 532 g/mol. The topological polar surface area (TPSA) is 86.6 Å². The molecule has 2 aromatic carbocycles. The highest BCUT2D eigenvalue weighted by Gasteiger charge is 2.31. The van der Waals surface area contributed by atoms with Crippen molar-refractivity contribution in [2.45, 2.75) is 25.4 Å². The minimum atomic E-state index is -3.37. The SMILES string of the molecule is CN(c1ccccc1Cn1ccc2cnc(Nc3ccc(N4CCN(C5CC5)CC4)cc3)nc21)S(C)(=O)=O. The molecule has 0 amide bonds. The molecule has 0 radical (unpaired) electrons. The van der Waals surface area contributed by atoms with Crippen LogP contribution in [0.5, 0.6) is 0 Å². The van der Waals surface area contributed by atoms with E-state index >= 15 is 0 Å². The van der Waals surface area contributed by atoms with Crippen LogP contribution < -0.4 is 14.5 Å². The van der Waals surface area contributed by atoms with Crippen LogP contribution in [0.4, 0.5) is 23.0 Å². The van der Waals surface area contributed by atoms with Crippen molar-refractivity contribution < 1.29 is 8.42 Å². The van der Waals surface area contributed by atoms with Crippen LogP contribution in [0.15, 0.2) is 67.0 Å². The summed E-state index contributed by atoms with van der Waals surface area (Å²) in [5, 5.41) is 4.26. The molecule has 0 atom stereocenters. The maximum Gasteiger partial charge on any atom is 0.232 e. The molecule has 38 heavy (non-hydrogen) atoms. The van der Waals surface area contributed by atoms with Crippen LogP contribution in [-0.2, 0) is 16.6 Å². The smallest absolute Gasteiger partial charge is 0.232 e. The molecule has 0 bridgehead atoms. The van der Waals surface area contributed by atoms with Gasteiger partial charge in [0.2, 0.25) is 16.0 Å². The minimum absolute atomic E-state index is 0.485. The predicted octanol–water partition coefficient (Wildman–Crippen LogP) is 3.90. The molecule has 1 aliphatic heterocycles. The van der Waals surface area contributed by atoms with Gasteiger partial charge in [0.05, 0.1) is 18.5 Å². The molecule has 2 fully saturated rings. The number of rotatable bonds is 8. The second kappa shape index (κ2) is 9.92. The van der Waals surface area contributed by atoms with Crippen molar-refractivity contribution in [3.63, 3.8) is 0 Å². The van der Waals surface area contributed by atoms with Gasteiger partial charge >= 0.3 is 0 Å². The third kappa shape index (κ3) is 5.19. The molecule has 10 heteroatoms. The van der Waals surface area contributed by atoms with Crippen molar-refractivity contribution in [2.24, 2.45) is 0 Å². The minimum Gasteiger partial charge on any atom is -0.369 e. The van der Waals surface area contributed by atoms with Crippen molar-refractivity contribution in [3.8, 4) is 0 Å². The van der Waals surface area contributed by atoms with E-state index in [9.17, 15) is 8.42 Å². The number of benzene rings is 2. The first-order chi connectivity index (χ1) is 18.3. The molecule has 9 nitrogen and oxygen atoms in total. The molecular formula is C28H33N7O2S. The maximum absolute atomic E-state index is 12.2. The molecule has 1 saturated heterocycles. The van der Waals surface area contributed by atoms with Gasteiger partial charge in [-0.1, -0.05) is 18.2 Å². The van der Waals surface area contributed by atoms with E-state index < -0.39 is 10.0 Å². The van der Waals surface area contributed by atoms with E-state index in [4.69, 9.17) is 4.98 Å². The molecule has 1 N–H and O–H groups in total. The highest BCUT2D eigenvalue weighted by atomic mass is 32.2. The Balaban J connectivity index is 1.17. The molecule has 1 saturated carbocycles. The van der Waals surface area contributed by atoms with Gasteiger partial charge in [-0.2, -0.15) is 4.98 Å². The number of anilines is 4. The van der Waals surface area contributed by atoms with Crippen LogP contribution in [0.3, 0.4) is 0 Å². The fourth-order valence-electron chi connectivity index (χ4n) is 5.14. The van der Waals surface area contributed by atoms with Crippen molar-refractivity contribution in [2.75, 3.05) is 54.0 Å². The normalized spacial score (nSPS) is 16.6. The number of aromatic nitrogens is 3. The summed E-state index contributed by atoms with van der Waals surface area (Å²) >= 11 is 0. The van der Waals surface area contributed by atoms with Crippen LogP contribution >= 0.6 is 0 Å². The molecular weight excluding hydrogens is 498 g/mol. The number of sulfonamides is 1. The molecule has 3 heterocycles. The maximum atomic E-state index is 12.2. The lowest BCUT2D eigenvalue weighted by Gasteiger charge is -2.36. The summed E-state index contributed by atoms with van der Waals surface area (Å²) in [5.41, 5.74) is 4.50. The third-order valence-electron chi connectivity index (χ3n) is 7.54. The summed E-state index contributed by atoms with van der Waals surface area (Å²) in [5.74, 6) is 0.518. The average Bonchev–Trinajstić information content (AvgIpc) is 3.70. The fraction of sp³-hybridized carbons (Fsp3) is 0.357. The lowest BCUT2D eigenvalue weighted by Crippen LogP contribution is -2.47. The summed E-state index contributed by atoms with van der Waals surface area (Å²) in [7, 11) is -1.80. The van der Waals surface area contributed by atoms with Crippen LogP contribution in [-0.4, -0.2) is 73.4 Å². The summed E-state index contributed by atoms with van der Waals surface area (Å²) in [6.45, 7) is 4.92. The largest absolute Gasteiger partial charge is 0.369 e. The quantitative estimate of drug-likeness (QED) is 0.369. The lowest BCUT2D eigenvalue weighted by atomic mass is 10.2. The van der Waals surface area contributed by atoms with Gasteiger partial charge in [-0.25, -0.2) is 13.4 Å². The predicted molar refractivity (Wildman–Crippen MR) is 153 cm³/mol. The second-order valence-corrected chi connectivity index (χ2v) is 12.2. The Hall–Kier alpha value is -3.63. The number of hydrogen-bond donors (Lipinski definition) is 1. The first-order valence-corrected chi connectivity index (χ1v) is 14.9. The number of para-hydroxylation sites is 1. The van der Waals surface area contributed by atoms with E-state index in [1.807, 2.05) is 47.3 Å². The molecule has 0 spiro atoms. The molecule has 0 unspecified atom stereocenters. The third-order valence-corrected chi connectivity index (χ3v) is 8.73. The van der Waals surface area contributed by atoms with Gasteiger partial charge in [0.1, 0.15) is 5.65 Å². The standard InChI is InChI=1S/C28H33N7O2S/c1-32(38(2,36)37)26-6-4-3-5-22(26)20-35-14-13-21-19-29-28(31-27(21)35)30-23-7-9-24(10-8-23)33-15-17-34(18-16-33)25-11-12-25/h3-10,13-14,19,25H,11-12,15-18,20H2,1-2H3,(H,29,30,31). The summed E-state index contributed by atoms with van der Waals surface area (Å²) in [6.07, 6.45) is 7.71. The van der Waals surface area contributed by atoms with E-state index in [2.05, 4.69) is 44.4 Å². The number of nitrogens with one attached hydrogen (secondary N) is 1. The second-order valence-electron chi connectivity index (χ2n) is 10.2. The van der Waals surface area contributed by atoms with Crippen LogP contribution in [0.2, 0.25) is 0 Å². The summed E-state index contributed by atoms with van der Waals surface area (Å²) < 4.78 is 27.6. The first kappa shape index (κ1) is 24.7. The number of fused-ring (bicyclic) bond motifs is 1. The Morgan fingerprint density at radius 2 is 1.74 bits per heavy atom. The van der Waals surface area contributed by atoms with Gasteiger partial charge in [-0.15, -0.1) is 0 Å². The zero-order chi connectivity index (χ0) is 26.3. The van der Waals surface area contributed by atoms with Crippen LogP contribution in [0, 0.1) is 0 Å². The van der Waals surface area contributed by atoms with Gasteiger partial charge in [0, 0.05) is 68.4 Å². The highest BCUT2D eigenvalue weighted by molar-refractivity contribution is 7.92. The van der Waals surface area contributed by atoms with E-state index in [1.165, 1.54) is 29.1 Å². The monoisotopic (exact) mass is 531 g/mol. The van der Waals surface area contributed by atoms with E-state index in [0.717, 1.165) is 54.5 Å². The van der Waals surface area contributed by atoms with E-state index in [0.29, 0.717) is 18.2 Å². The number of hydrogen-bond acceptors (Lipinski definition) is 7. The van der Waals surface area contributed by atoms with Gasteiger partial charge in [0.25, 0.3) is 0 Å². The van der Waals surface area contributed by atoms with Gasteiger partial charge in [-0.05, 0) is 54.8 Å². The van der Waals surface area contributed by atoms with E-state index in [1.54, 1.807) is 7.05 Å². The molecule has 198 valence electrons. The Kier molecular flexibility index (Phi) is 6.45. The van der Waals surface area contributed by atoms with Crippen LogP contribution in [0.25, 0.3) is 11.0 Å². The number of piperazine rings is 1. The van der Waals surface area contributed by atoms with Crippen LogP contribution in [0.1, 0.15) is 18.4 Å². The lowest BCUT2D eigenvalue weighted by molar-refractivity contribution is 0.248. The number of nitrogens with zero attached hydrogens (tertiary/aromatic N) is 6. The Bertz CT molecular complexity index is 1540. The van der Waals surface area contributed by atoms with Gasteiger partial charge in [0.15, 0.2) is 0 Å². The van der Waals surface area contributed by atoms with Gasteiger partial charge < -0.3 is 14.8 Å². The van der Waals surface area contributed by atoms with Crippen molar-refractivity contribution in [3.05, 3.63) is 72.6 Å². The Labute approximate surface area is 223 Å².